The first-order chi connectivity index (χ1) is 9.83. The van der Waals surface area contributed by atoms with E-state index in [-0.39, 0.29) is 6.04 Å². The van der Waals surface area contributed by atoms with Gasteiger partial charge in [0.15, 0.2) is 0 Å². The Morgan fingerprint density at radius 2 is 1.75 bits per heavy atom. The average Bonchev–Trinajstić information content (AvgIpc) is 3.03. The second-order valence-electron chi connectivity index (χ2n) is 4.79. The molecule has 0 fully saturated rings. The number of pyridine rings is 1. The Morgan fingerprint density at radius 1 is 1.00 bits per heavy atom. The van der Waals surface area contributed by atoms with Crippen LogP contribution in [0.1, 0.15) is 18.5 Å². The van der Waals surface area contributed by atoms with Crippen LogP contribution >= 0.6 is 0 Å². The summed E-state index contributed by atoms with van der Waals surface area (Å²) in [6.07, 6.45) is 7.74. The van der Waals surface area contributed by atoms with E-state index in [4.69, 9.17) is 0 Å². The van der Waals surface area contributed by atoms with Crippen molar-refractivity contribution in [2.45, 2.75) is 13.0 Å². The molecule has 1 N–H and O–H groups in total. The largest absolute Gasteiger partial charge is 0.378 e. The highest BCUT2D eigenvalue weighted by molar-refractivity contribution is 5.52. The van der Waals surface area contributed by atoms with E-state index >= 15 is 0 Å². The van der Waals surface area contributed by atoms with Crippen LogP contribution in [0.4, 0.5) is 5.69 Å². The molecule has 0 aliphatic rings. The first-order valence-corrected chi connectivity index (χ1v) is 6.73. The van der Waals surface area contributed by atoms with Gasteiger partial charge >= 0.3 is 0 Å². The third-order valence-corrected chi connectivity index (χ3v) is 3.34. The van der Waals surface area contributed by atoms with Crippen LogP contribution in [0.5, 0.6) is 0 Å². The fourth-order valence-corrected chi connectivity index (χ4v) is 2.25. The van der Waals surface area contributed by atoms with E-state index in [9.17, 15) is 0 Å². The summed E-state index contributed by atoms with van der Waals surface area (Å²) in [7, 11) is 0. The monoisotopic (exact) mass is 263 g/mol. The van der Waals surface area contributed by atoms with Crippen molar-refractivity contribution in [3.63, 3.8) is 0 Å². The summed E-state index contributed by atoms with van der Waals surface area (Å²) >= 11 is 0. The van der Waals surface area contributed by atoms with Gasteiger partial charge in [-0.15, -0.1) is 0 Å². The smallest absolute Gasteiger partial charge is 0.0486 e. The minimum absolute atomic E-state index is 0.248. The Hall–Kier alpha value is -2.55. The van der Waals surface area contributed by atoms with Crippen molar-refractivity contribution >= 4 is 5.69 Å². The van der Waals surface area contributed by atoms with Gasteiger partial charge in [0.1, 0.15) is 0 Å². The van der Waals surface area contributed by atoms with Crippen molar-refractivity contribution in [3.8, 4) is 5.69 Å². The first-order valence-electron chi connectivity index (χ1n) is 6.73. The predicted molar refractivity (Wildman–Crippen MR) is 82.0 cm³/mol. The van der Waals surface area contributed by atoms with Crippen LogP contribution in [-0.4, -0.2) is 9.55 Å². The van der Waals surface area contributed by atoms with Crippen molar-refractivity contribution in [2.24, 2.45) is 0 Å². The summed E-state index contributed by atoms with van der Waals surface area (Å²) in [5.41, 5.74) is 3.49. The zero-order valence-electron chi connectivity index (χ0n) is 11.4. The van der Waals surface area contributed by atoms with Gasteiger partial charge in [-0.05, 0) is 55.0 Å². The molecular weight excluding hydrogens is 246 g/mol. The Bertz CT molecular complexity index is 660. The first kappa shape index (κ1) is 12.5. The lowest BCUT2D eigenvalue weighted by molar-refractivity contribution is 0.880. The molecule has 20 heavy (non-hydrogen) atoms. The van der Waals surface area contributed by atoms with E-state index in [1.807, 2.05) is 49.1 Å². The molecule has 1 unspecified atom stereocenters. The highest BCUT2D eigenvalue weighted by atomic mass is 15.0. The zero-order valence-corrected chi connectivity index (χ0v) is 11.4. The molecule has 0 saturated carbocycles. The van der Waals surface area contributed by atoms with Crippen LogP contribution in [-0.2, 0) is 0 Å². The molecule has 100 valence electrons. The van der Waals surface area contributed by atoms with Gasteiger partial charge in [0.05, 0.1) is 0 Å². The van der Waals surface area contributed by atoms with Gasteiger partial charge in [-0.3, -0.25) is 4.98 Å². The van der Waals surface area contributed by atoms with Gasteiger partial charge in [0.2, 0.25) is 0 Å². The van der Waals surface area contributed by atoms with Gasteiger partial charge < -0.3 is 9.88 Å². The molecule has 0 radical (unpaired) electrons. The Balaban J connectivity index is 1.80. The molecule has 2 aromatic heterocycles. The minimum atomic E-state index is 0.248. The summed E-state index contributed by atoms with van der Waals surface area (Å²) in [6, 6.07) is 16.8. The summed E-state index contributed by atoms with van der Waals surface area (Å²) < 4.78 is 2.10. The molecule has 0 amide bonds. The topological polar surface area (TPSA) is 29.9 Å². The van der Waals surface area contributed by atoms with E-state index in [0.29, 0.717) is 0 Å². The van der Waals surface area contributed by atoms with Crippen LogP contribution < -0.4 is 5.32 Å². The maximum atomic E-state index is 4.05. The van der Waals surface area contributed by atoms with Crippen LogP contribution in [0.15, 0.2) is 73.3 Å². The fraction of sp³-hybridized carbons (Fsp3) is 0.118. The lowest BCUT2D eigenvalue weighted by atomic mass is 10.1. The number of rotatable bonds is 4. The average molecular weight is 263 g/mol. The Kier molecular flexibility index (Phi) is 3.50. The SMILES string of the molecule is CC(Nc1cccc(-n2cccc2)c1)c1ccncc1. The molecule has 0 saturated heterocycles. The number of anilines is 1. The fourth-order valence-electron chi connectivity index (χ4n) is 2.25. The van der Waals surface area contributed by atoms with Gasteiger partial charge in [-0.2, -0.15) is 0 Å². The predicted octanol–water partition coefficient (Wildman–Crippen LogP) is 4.05. The molecular formula is C17H17N3. The van der Waals surface area contributed by atoms with Crippen LogP contribution in [0, 0.1) is 0 Å². The van der Waals surface area contributed by atoms with E-state index in [1.165, 1.54) is 5.56 Å². The Morgan fingerprint density at radius 3 is 2.50 bits per heavy atom. The summed E-state index contributed by atoms with van der Waals surface area (Å²) in [5, 5.41) is 3.52. The van der Waals surface area contributed by atoms with E-state index in [0.717, 1.165) is 11.4 Å². The van der Waals surface area contributed by atoms with Crippen molar-refractivity contribution in [1.29, 1.82) is 0 Å². The third kappa shape index (κ3) is 2.72. The standard InChI is InChI=1S/C17H17N3/c1-14(15-7-9-18-10-8-15)19-16-5-4-6-17(13-16)20-11-2-3-12-20/h2-14,19H,1H3. The molecule has 0 bridgehead atoms. The normalized spacial score (nSPS) is 12.1. The number of nitrogens with one attached hydrogen (secondary N) is 1. The zero-order chi connectivity index (χ0) is 13.8. The second-order valence-corrected chi connectivity index (χ2v) is 4.79. The van der Waals surface area contributed by atoms with E-state index in [2.05, 4.69) is 46.1 Å². The molecule has 1 aromatic carbocycles. The lowest BCUT2D eigenvalue weighted by Gasteiger charge is -2.16. The van der Waals surface area contributed by atoms with Crippen LogP contribution in [0.3, 0.4) is 0 Å². The van der Waals surface area contributed by atoms with Crippen molar-refractivity contribution in [2.75, 3.05) is 5.32 Å². The summed E-state index contributed by atoms with van der Waals surface area (Å²) in [5.74, 6) is 0. The number of benzene rings is 1. The molecule has 3 nitrogen and oxygen atoms in total. The molecule has 2 heterocycles. The molecule has 0 spiro atoms. The van der Waals surface area contributed by atoms with Crippen molar-refractivity contribution in [1.82, 2.24) is 9.55 Å². The number of nitrogens with zero attached hydrogens (tertiary/aromatic N) is 2. The van der Waals surface area contributed by atoms with Crippen LogP contribution in [0.2, 0.25) is 0 Å². The van der Waals surface area contributed by atoms with Crippen molar-refractivity contribution < 1.29 is 0 Å². The quantitative estimate of drug-likeness (QED) is 0.769. The number of hydrogen-bond acceptors (Lipinski definition) is 2. The van der Waals surface area contributed by atoms with E-state index in [1.54, 1.807) is 0 Å². The van der Waals surface area contributed by atoms with Gasteiger partial charge in [-0.1, -0.05) is 6.07 Å². The maximum Gasteiger partial charge on any atom is 0.0486 e. The number of hydrogen-bond donors (Lipinski definition) is 1. The summed E-state index contributed by atoms with van der Waals surface area (Å²) in [4.78, 5) is 4.05. The third-order valence-electron chi connectivity index (χ3n) is 3.34. The molecule has 3 rings (SSSR count). The number of aromatic nitrogens is 2. The molecule has 0 aliphatic carbocycles. The van der Waals surface area contributed by atoms with E-state index < -0.39 is 0 Å². The van der Waals surface area contributed by atoms with Gasteiger partial charge in [0.25, 0.3) is 0 Å². The molecule has 3 aromatic rings. The minimum Gasteiger partial charge on any atom is -0.378 e. The Labute approximate surface area is 118 Å². The molecule has 0 aliphatic heterocycles. The summed E-state index contributed by atoms with van der Waals surface area (Å²) in [6.45, 7) is 2.15. The highest BCUT2D eigenvalue weighted by Gasteiger charge is 2.05. The lowest BCUT2D eigenvalue weighted by Crippen LogP contribution is -2.06. The van der Waals surface area contributed by atoms with Crippen LogP contribution in [0.25, 0.3) is 5.69 Å². The molecule has 1 atom stereocenters. The van der Waals surface area contributed by atoms with Crippen molar-refractivity contribution in [3.05, 3.63) is 78.9 Å². The second kappa shape index (κ2) is 5.61. The van der Waals surface area contributed by atoms with Gasteiger partial charge in [0, 0.05) is 42.2 Å². The molecule has 3 heteroatoms. The highest BCUT2D eigenvalue weighted by Crippen LogP contribution is 2.21. The maximum absolute atomic E-state index is 4.05. The van der Waals surface area contributed by atoms with Gasteiger partial charge in [-0.25, -0.2) is 0 Å².